The SMILES string of the molecule is CC1(C#N)CCN(CC2COc3ccccc3O2)CC1. The summed E-state index contributed by atoms with van der Waals surface area (Å²) in [5.41, 5.74) is -0.146. The van der Waals surface area contributed by atoms with Gasteiger partial charge in [-0.1, -0.05) is 12.1 Å². The molecule has 0 aromatic heterocycles. The monoisotopic (exact) mass is 272 g/mol. The van der Waals surface area contributed by atoms with Gasteiger partial charge in [0.15, 0.2) is 11.5 Å². The number of nitriles is 1. The lowest BCUT2D eigenvalue weighted by molar-refractivity contribution is 0.0433. The molecule has 1 aromatic rings. The molecule has 0 saturated carbocycles. The van der Waals surface area contributed by atoms with E-state index in [0.29, 0.717) is 6.61 Å². The molecule has 0 amide bonds. The zero-order chi connectivity index (χ0) is 14.0. The van der Waals surface area contributed by atoms with Gasteiger partial charge in [-0.15, -0.1) is 0 Å². The number of ether oxygens (including phenoxy) is 2. The number of rotatable bonds is 2. The van der Waals surface area contributed by atoms with Crippen LogP contribution < -0.4 is 9.47 Å². The van der Waals surface area contributed by atoms with Crippen LogP contribution >= 0.6 is 0 Å². The average molecular weight is 272 g/mol. The zero-order valence-electron chi connectivity index (χ0n) is 11.8. The third kappa shape index (κ3) is 2.73. The lowest BCUT2D eigenvalue weighted by atomic mass is 9.82. The van der Waals surface area contributed by atoms with Crippen LogP contribution in [0.1, 0.15) is 19.8 Å². The van der Waals surface area contributed by atoms with E-state index in [2.05, 4.69) is 17.9 Å². The van der Waals surface area contributed by atoms with E-state index in [4.69, 9.17) is 14.7 Å². The van der Waals surface area contributed by atoms with Gasteiger partial charge in [-0.3, -0.25) is 4.90 Å². The normalized spacial score (nSPS) is 24.9. The molecule has 0 aliphatic carbocycles. The molecule has 0 spiro atoms. The Kier molecular flexibility index (Phi) is 3.54. The minimum atomic E-state index is -0.146. The van der Waals surface area contributed by atoms with E-state index in [9.17, 15) is 0 Å². The Labute approximate surface area is 119 Å². The van der Waals surface area contributed by atoms with Crippen molar-refractivity contribution >= 4 is 0 Å². The molecule has 20 heavy (non-hydrogen) atoms. The van der Waals surface area contributed by atoms with Gasteiger partial charge in [-0.05, 0) is 45.0 Å². The van der Waals surface area contributed by atoms with Gasteiger partial charge in [0.2, 0.25) is 0 Å². The van der Waals surface area contributed by atoms with E-state index >= 15 is 0 Å². The number of hydrogen-bond acceptors (Lipinski definition) is 4. The van der Waals surface area contributed by atoms with Gasteiger partial charge in [0.1, 0.15) is 12.7 Å². The first-order chi connectivity index (χ1) is 9.68. The first-order valence-electron chi connectivity index (χ1n) is 7.21. The molecule has 1 aromatic carbocycles. The van der Waals surface area contributed by atoms with Gasteiger partial charge < -0.3 is 9.47 Å². The minimum Gasteiger partial charge on any atom is -0.486 e. The van der Waals surface area contributed by atoms with Crippen LogP contribution in [0.15, 0.2) is 24.3 Å². The van der Waals surface area contributed by atoms with Crippen molar-refractivity contribution in [3.05, 3.63) is 24.3 Å². The largest absolute Gasteiger partial charge is 0.486 e. The predicted octanol–water partition coefficient (Wildman–Crippen LogP) is 2.45. The smallest absolute Gasteiger partial charge is 0.161 e. The fourth-order valence-corrected chi connectivity index (χ4v) is 2.78. The lowest BCUT2D eigenvalue weighted by Crippen LogP contribution is -2.45. The van der Waals surface area contributed by atoms with Crippen molar-refractivity contribution in [1.29, 1.82) is 5.26 Å². The van der Waals surface area contributed by atoms with Gasteiger partial charge in [-0.2, -0.15) is 5.26 Å². The van der Waals surface area contributed by atoms with E-state index in [1.54, 1.807) is 0 Å². The molecule has 2 heterocycles. The van der Waals surface area contributed by atoms with Crippen molar-refractivity contribution in [1.82, 2.24) is 4.90 Å². The van der Waals surface area contributed by atoms with E-state index in [1.807, 2.05) is 24.3 Å². The van der Waals surface area contributed by atoms with Gasteiger partial charge in [0, 0.05) is 6.54 Å². The van der Waals surface area contributed by atoms with Crippen molar-refractivity contribution in [3.63, 3.8) is 0 Å². The van der Waals surface area contributed by atoms with E-state index in [-0.39, 0.29) is 11.5 Å². The van der Waals surface area contributed by atoms with Crippen LogP contribution in [0, 0.1) is 16.7 Å². The highest BCUT2D eigenvalue weighted by molar-refractivity contribution is 5.40. The highest BCUT2D eigenvalue weighted by Gasteiger charge is 2.31. The highest BCUT2D eigenvalue weighted by Crippen LogP contribution is 2.33. The second-order valence-corrected chi connectivity index (χ2v) is 5.97. The standard InChI is InChI=1S/C16H20N2O2/c1-16(12-17)6-8-18(9-7-16)10-13-11-19-14-4-2-3-5-15(14)20-13/h2-5,13H,6-11H2,1H3. The van der Waals surface area contributed by atoms with Gasteiger partial charge in [-0.25, -0.2) is 0 Å². The fourth-order valence-electron chi connectivity index (χ4n) is 2.78. The quantitative estimate of drug-likeness (QED) is 0.829. The highest BCUT2D eigenvalue weighted by atomic mass is 16.6. The van der Waals surface area contributed by atoms with Gasteiger partial charge in [0.05, 0.1) is 11.5 Å². The molecule has 3 rings (SSSR count). The molecular weight excluding hydrogens is 252 g/mol. The van der Waals surface area contributed by atoms with Crippen LogP contribution in [0.3, 0.4) is 0 Å². The fraction of sp³-hybridized carbons (Fsp3) is 0.562. The van der Waals surface area contributed by atoms with E-state index in [1.165, 1.54) is 0 Å². The Morgan fingerprint density at radius 1 is 1.30 bits per heavy atom. The summed E-state index contributed by atoms with van der Waals surface area (Å²) in [6.45, 7) is 5.46. The topological polar surface area (TPSA) is 45.5 Å². The molecule has 1 atom stereocenters. The number of nitrogens with zero attached hydrogens (tertiary/aromatic N) is 2. The maximum Gasteiger partial charge on any atom is 0.161 e. The number of hydrogen-bond donors (Lipinski definition) is 0. The van der Waals surface area contributed by atoms with Crippen molar-refractivity contribution in [2.24, 2.45) is 5.41 Å². The Hall–Kier alpha value is -1.73. The Balaban J connectivity index is 1.55. The van der Waals surface area contributed by atoms with Crippen LogP contribution in [-0.4, -0.2) is 37.2 Å². The molecule has 2 aliphatic heterocycles. The molecule has 1 saturated heterocycles. The summed E-state index contributed by atoms with van der Waals surface area (Å²) in [5.74, 6) is 1.67. The van der Waals surface area contributed by atoms with Crippen molar-refractivity contribution in [2.45, 2.75) is 25.9 Å². The third-order valence-electron chi connectivity index (χ3n) is 4.26. The summed E-state index contributed by atoms with van der Waals surface area (Å²) in [4.78, 5) is 2.38. The number of fused-ring (bicyclic) bond motifs is 1. The molecular formula is C16H20N2O2. The molecule has 0 bridgehead atoms. The summed E-state index contributed by atoms with van der Waals surface area (Å²) in [6.07, 6.45) is 1.96. The molecule has 106 valence electrons. The molecule has 1 unspecified atom stereocenters. The van der Waals surface area contributed by atoms with E-state index < -0.39 is 0 Å². The maximum atomic E-state index is 9.15. The molecule has 1 fully saturated rings. The lowest BCUT2D eigenvalue weighted by Gasteiger charge is -2.37. The Bertz CT molecular complexity index is 515. The van der Waals surface area contributed by atoms with Crippen LogP contribution in [0.5, 0.6) is 11.5 Å². The van der Waals surface area contributed by atoms with Crippen LogP contribution in [0.2, 0.25) is 0 Å². The maximum absolute atomic E-state index is 9.15. The predicted molar refractivity (Wildman–Crippen MR) is 75.7 cm³/mol. The second-order valence-electron chi connectivity index (χ2n) is 5.97. The molecule has 2 aliphatic rings. The number of benzene rings is 1. The van der Waals surface area contributed by atoms with Crippen LogP contribution in [-0.2, 0) is 0 Å². The van der Waals surface area contributed by atoms with Gasteiger partial charge in [0.25, 0.3) is 0 Å². The van der Waals surface area contributed by atoms with E-state index in [0.717, 1.165) is 44.0 Å². The molecule has 4 heteroatoms. The minimum absolute atomic E-state index is 0.0799. The average Bonchev–Trinajstić information content (AvgIpc) is 2.50. The summed E-state index contributed by atoms with van der Waals surface area (Å²) >= 11 is 0. The summed E-state index contributed by atoms with van der Waals surface area (Å²) in [7, 11) is 0. The van der Waals surface area contributed by atoms with Crippen molar-refractivity contribution in [3.8, 4) is 17.6 Å². The van der Waals surface area contributed by atoms with Crippen LogP contribution in [0.4, 0.5) is 0 Å². The first kappa shape index (κ1) is 13.3. The molecule has 0 radical (unpaired) electrons. The zero-order valence-corrected chi connectivity index (χ0v) is 11.8. The summed E-state index contributed by atoms with van der Waals surface area (Å²) in [5, 5.41) is 9.15. The summed E-state index contributed by atoms with van der Waals surface area (Å²) < 4.78 is 11.7. The van der Waals surface area contributed by atoms with Gasteiger partial charge >= 0.3 is 0 Å². The number of para-hydroxylation sites is 2. The Morgan fingerprint density at radius 3 is 2.70 bits per heavy atom. The summed E-state index contributed by atoms with van der Waals surface area (Å²) in [6, 6.07) is 10.2. The first-order valence-corrected chi connectivity index (χ1v) is 7.21. The molecule has 4 nitrogen and oxygen atoms in total. The second kappa shape index (κ2) is 5.34. The number of piperidine rings is 1. The Morgan fingerprint density at radius 2 is 2.00 bits per heavy atom. The molecule has 0 N–H and O–H groups in total. The third-order valence-corrected chi connectivity index (χ3v) is 4.26. The van der Waals surface area contributed by atoms with Crippen molar-refractivity contribution in [2.75, 3.05) is 26.2 Å². The van der Waals surface area contributed by atoms with Crippen LogP contribution in [0.25, 0.3) is 0 Å². The number of likely N-dealkylation sites (tertiary alicyclic amines) is 1. The van der Waals surface area contributed by atoms with Crippen molar-refractivity contribution < 1.29 is 9.47 Å².